The number of pyridine rings is 1. The Morgan fingerprint density at radius 1 is 1.35 bits per heavy atom. The average molecular weight is 235 g/mol. The topological polar surface area (TPSA) is 79.0 Å². The standard InChI is InChI=1S/C12H17N3O2/c1-7(2)9-6-15-10(5-11(9)16-4)12(14)17-8(3)13/h5-7,13-14H,1-4H3. The van der Waals surface area contributed by atoms with Gasteiger partial charge >= 0.3 is 0 Å². The van der Waals surface area contributed by atoms with Crippen molar-refractivity contribution < 1.29 is 9.47 Å². The minimum Gasteiger partial charge on any atom is -0.496 e. The van der Waals surface area contributed by atoms with Gasteiger partial charge in [-0.3, -0.25) is 15.8 Å². The van der Waals surface area contributed by atoms with E-state index in [1.807, 2.05) is 13.8 Å². The molecule has 0 saturated heterocycles. The van der Waals surface area contributed by atoms with Crippen LogP contribution >= 0.6 is 0 Å². The Bertz CT molecular complexity index is 441. The molecular weight excluding hydrogens is 218 g/mol. The van der Waals surface area contributed by atoms with E-state index in [-0.39, 0.29) is 11.8 Å². The lowest BCUT2D eigenvalue weighted by Gasteiger charge is -2.12. The molecule has 0 aromatic carbocycles. The quantitative estimate of drug-likeness (QED) is 0.624. The number of methoxy groups -OCH3 is 1. The molecule has 1 aromatic heterocycles. The molecule has 0 amide bonds. The van der Waals surface area contributed by atoms with Gasteiger partial charge in [0.25, 0.3) is 0 Å². The van der Waals surface area contributed by atoms with E-state index >= 15 is 0 Å². The number of ether oxygens (including phenoxy) is 2. The molecule has 0 saturated carbocycles. The van der Waals surface area contributed by atoms with Gasteiger partial charge in [0.15, 0.2) is 5.90 Å². The van der Waals surface area contributed by atoms with Crippen molar-refractivity contribution in [2.45, 2.75) is 26.7 Å². The molecule has 0 fully saturated rings. The van der Waals surface area contributed by atoms with Crippen LogP contribution in [0.5, 0.6) is 5.75 Å². The van der Waals surface area contributed by atoms with Gasteiger partial charge in [0.2, 0.25) is 5.90 Å². The van der Waals surface area contributed by atoms with Crippen molar-refractivity contribution >= 4 is 11.8 Å². The third kappa shape index (κ3) is 3.27. The number of hydrogen-bond donors (Lipinski definition) is 2. The van der Waals surface area contributed by atoms with Gasteiger partial charge in [-0.05, 0) is 5.92 Å². The first-order valence-electron chi connectivity index (χ1n) is 5.31. The first-order chi connectivity index (χ1) is 7.95. The van der Waals surface area contributed by atoms with E-state index in [9.17, 15) is 0 Å². The molecule has 0 aliphatic rings. The van der Waals surface area contributed by atoms with Crippen molar-refractivity contribution in [1.82, 2.24) is 4.98 Å². The summed E-state index contributed by atoms with van der Waals surface area (Å²) < 4.78 is 10.1. The van der Waals surface area contributed by atoms with Gasteiger partial charge in [0.1, 0.15) is 11.4 Å². The van der Waals surface area contributed by atoms with Crippen LogP contribution < -0.4 is 4.74 Å². The summed E-state index contributed by atoms with van der Waals surface area (Å²) in [5.74, 6) is 0.793. The Labute approximate surface area is 101 Å². The third-order valence-corrected chi connectivity index (χ3v) is 2.22. The van der Waals surface area contributed by atoms with Crippen LogP contribution in [0.2, 0.25) is 0 Å². The Hall–Kier alpha value is -1.91. The molecule has 0 bridgehead atoms. The smallest absolute Gasteiger partial charge is 0.239 e. The van der Waals surface area contributed by atoms with Crippen molar-refractivity contribution in [2.24, 2.45) is 0 Å². The molecule has 1 heterocycles. The van der Waals surface area contributed by atoms with Crippen LogP contribution in [0.3, 0.4) is 0 Å². The van der Waals surface area contributed by atoms with Gasteiger partial charge in [-0.2, -0.15) is 0 Å². The van der Waals surface area contributed by atoms with Crippen molar-refractivity contribution in [3.8, 4) is 5.75 Å². The van der Waals surface area contributed by atoms with Crippen molar-refractivity contribution in [1.29, 1.82) is 10.8 Å². The summed E-state index contributed by atoms with van der Waals surface area (Å²) in [5.41, 5.74) is 1.34. The number of rotatable bonds is 3. The van der Waals surface area contributed by atoms with Crippen LogP contribution in [0.4, 0.5) is 0 Å². The van der Waals surface area contributed by atoms with Gasteiger partial charge < -0.3 is 9.47 Å². The molecule has 1 aromatic rings. The Balaban J connectivity index is 3.05. The van der Waals surface area contributed by atoms with Crippen LogP contribution in [-0.4, -0.2) is 23.9 Å². The van der Waals surface area contributed by atoms with Crippen molar-refractivity contribution in [3.63, 3.8) is 0 Å². The fourth-order valence-electron chi connectivity index (χ4n) is 1.39. The molecule has 0 radical (unpaired) electrons. The molecule has 2 N–H and O–H groups in total. The average Bonchev–Trinajstić information content (AvgIpc) is 2.27. The lowest BCUT2D eigenvalue weighted by atomic mass is 10.0. The zero-order valence-corrected chi connectivity index (χ0v) is 10.5. The summed E-state index contributed by atoms with van der Waals surface area (Å²) in [6.45, 7) is 5.56. The van der Waals surface area contributed by atoms with Crippen LogP contribution in [-0.2, 0) is 4.74 Å². The van der Waals surface area contributed by atoms with E-state index in [4.69, 9.17) is 20.3 Å². The highest BCUT2D eigenvalue weighted by molar-refractivity contribution is 5.97. The highest BCUT2D eigenvalue weighted by Crippen LogP contribution is 2.26. The fraction of sp³-hybridized carbons (Fsp3) is 0.417. The Kier molecular flexibility index (Phi) is 4.20. The lowest BCUT2D eigenvalue weighted by Crippen LogP contribution is -2.11. The van der Waals surface area contributed by atoms with Crippen LogP contribution in [0.15, 0.2) is 12.3 Å². The maximum Gasteiger partial charge on any atom is 0.239 e. The van der Waals surface area contributed by atoms with E-state index in [0.29, 0.717) is 17.4 Å². The largest absolute Gasteiger partial charge is 0.496 e. The van der Waals surface area contributed by atoms with E-state index in [0.717, 1.165) is 5.56 Å². The summed E-state index contributed by atoms with van der Waals surface area (Å²) >= 11 is 0. The summed E-state index contributed by atoms with van der Waals surface area (Å²) in [7, 11) is 1.58. The zero-order chi connectivity index (χ0) is 13.0. The van der Waals surface area contributed by atoms with Gasteiger partial charge in [0.05, 0.1) is 7.11 Å². The molecule has 0 aliphatic heterocycles. The van der Waals surface area contributed by atoms with E-state index in [1.165, 1.54) is 6.92 Å². The Morgan fingerprint density at radius 3 is 2.47 bits per heavy atom. The second kappa shape index (κ2) is 5.43. The summed E-state index contributed by atoms with van der Waals surface area (Å²) in [4.78, 5) is 4.14. The maximum absolute atomic E-state index is 7.63. The normalized spacial score (nSPS) is 10.2. The molecule has 0 aliphatic carbocycles. The number of nitrogens with one attached hydrogen (secondary N) is 2. The highest BCUT2D eigenvalue weighted by atomic mass is 16.5. The SMILES string of the molecule is COc1cc(C(=N)OC(C)=N)ncc1C(C)C. The molecule has 1 rings (SSSR count). The number of hydrogen-bond acceptors (Lipinski definition) is 5. The maximum atomic E-state index is 7.63. The fourth-order valence-corrected chi connectivity index (χ4v) is 1.39. The predicted octanol–water partition coefficient (Wildman–Crippen LogP) is 2.55. The first-order valence-corrected chi connectivity index (χ1v) is 5.31. The van der Waals surface area contributed by atoms with E-state index in [2.05, 4.69) is 4.98 Å². The van der Waals surface area contributed by atoms with Gasteiger partial charge in [-0.15, -0.1) is 0 Å². The van der Waals surface area contributed by atoms with E-state index in [1.54, 1.807) is 19.4 Å². The number of nitrogens with zero attached hydrogens (tertiary/aromatic N) is 1. The lowest BCUT2D eigenvalue weighted by molar-refractivity contribution is 0.406. The summed E-state index contributed by atoms with van der Waals surface area (Å²) in [5, 5.41) is 14.8. The van der Waals surface area contributed by atoms with Gasteiger partial charge in [-0.1, -0.05) is 13.8 Å². The summed E-state index contributed by atoms with van der Waals surface area (Å²) in [6.07, 6.45) is 1.68. The molecule has 0 unspecified atom stereocenters. The second-order valence-electron chi connectivity index (χ2n) is 3.95. The molecule has 5 nitrogen and oxygen atoms in total. The highest BCUT2D eigenvalue weighted by Gasteiger charge is 2.12. The number of aromatic nitrogens is 1. The summed E-state index contributed by atoms with van der Waals surface area (Å²) in [6, 6.07) is 1.65. The molecular formula is C12H17N3O2. The van der Waals surface area contributed by atoms with Crippen molar-refractivity contribution in [3.05, 3.63) is 23.5 Å². The monoisotopic (exact) mass is 235 g/mol. The van der Waals surface area contributed by atoms with Crippen LogP contribution in [0.1, 0.15) is 37.9 Å². The van der Waals surface area contributed by atoms with E-state index < -0.39 is 0 Å². The third-order valence-electron chi connectivity index (χ3n) is 2.22. The van der Waals surface area contributed by atoms with Gasteiger partial charge in [-0.25, -0.2) is 0 Å². The molecule has 5 heteroatoms. The van der Waals surface area contributed by atoms with Gasteiger partial charge in [0, 0.05) is 24.8 Å². The predicted molar refractivity (Wildman–Crippen MR) is 66.2 cm³/mol. The zero-order valence-electron chi connectivity index (χ0n) is 10.5. The molecule has 92 valence electrons. The molecule has 0 spiro atoms. The second-order valence-corrected chi connectivity index (χ2v) is 3.95. The first kappa shape index (κ1) is 13.2. The van der Waals surface area contributed by atoms with Crippen molar-refractivity contribution in [2.75, 3.05) is 7.11 Å². The minimum absolute atomic E-state index is 0.0382. The molecule has 17 heavy (non-hydrogen) atoms. The molecule has 0 atom stereocenters. The van der Waals surface area contributed by atoms with Crippen LogP contribution in [0.25, 0.3) is 0 Å². The van der Waals surface area contributed by atoms with Crippen LogP contribution in [0, 0.1) is 10.8 Å². The minimum atomic E-state index is -0.147. The Morgan fingerprint density at radius 2 is 2.00 bits per heavy atom.